The number of benzene rings is 1. The number of nitrogens with one attached hydrogen (secondary N) is 1. The molecule has 116 valence electrons. The lowest BCUT2D eigenvalue weighted by Crippen LogP contribution is -2.48. The minimum Gasteiger partial charge on any atom is -0.377 e. The van der Waals surface area contributed by atoms with E-state index < -0.39 is 0 Å². The summed E-state index contributed by atoms with van der Waals surface area (Å²) >= 11 is 0. The molecule has 0 aromatic heterocycles. The number of nitrogens with zero attached hydrogens (tertiary/aromatic N) is 1. The summed E-state index contributed by atoms with van der Waals surface area (Å²) in [5, 5.41) is 3.52. The third-order valence-electron chi connectivity index (χ3n) is 5.01. The zero-order valence-corrected chi connectivity index (χ0v) is 13.2. The molecule has 0 spiro atoms. The van der Waals surface area contributed by atoms with Crippen LogP contribution in [0.25, 0.3) is 0 Å². The van der Waals surface area contributed by atoms with Crippen molar-refractivity contribution in [2.45, 2.75) is 37.7 Å². The molecule has 0 bridgehead atoms. The number of ether oxygens (including phenoxy) is 1. The normalized spacial score (nSPS) is 27.2. The molecular weight excluding hydrogens is 260 g/mol. The molecule has 0 aliphatic carbocycles. The van der Waals surface area contributed by atoms with E-state index in [1.54, 1.807) is 0 Å². The van der Waals surface area contributed by atoms with E-state index >= 15 is 0 Å². The highest BCUT2D eigenvalue weighted by atomic mass is 16.5. The van der Waals surface area contributed by atoms with Crippen LogP contribution in [0.2, 0.25) is 0 Å². The number of hydrogen-bond donors (Lipinski definition) is 1. The third kappa shape index (κ3) is 3.65. The van der Waals surface area contributed by atoms with Gasteiger partial charge in [0.2, 0.25) is 0 Å². The molecule has 0 amide bonds. The van der Waals surface area contributed by atoms with E-state index in [1.165, 1.54) is 31.5 Å². The Kier molecular flexibility index (Phi) is 4.94. The Balaban J connectivity index is 1.79. The molecule has 2 saturated heterocycles. The third-order valence-corrected chi connectivity index (χ3v) is 5.01. The second-order valence-corrected chi connectivity index (χ2v) is 6.67. The van der Waals surface area contributed by atoms with E-state index in [2.05, 4.69) is 47.5 Å². The van der Waals surface area contributed by atoms with E-state index in [9.17, 15) is 0 Å². The second kappa shape index (κ2) is 6.91. The molecule has 2 aliphatic heterocycles. The lowest BCUT2D eigenvalue weighted by molar-refractivity contribution is 0.0623. The maximum Gasteiger partial charge on any atom is 0.0673 e. The lowest BCUT2D eigenvalue weighted by atomic mass is 9.72. The van der Waals surface area contributed by atoms with Crippen LogP contribution in [0.15, 0.2) is 30.3 Å². The first-order valence-corrected chi connectivity index (χ1v) is 8.39. The molecule has 0 radical (unpaired) electrons. The topological polar surface area (TPSA) is 24.5 Å². The summed E-state index contributed by atoms with van der Waals surface area (Å²) in [6, 6.07) is 11.1. The molecule has 1 atom stereocenters. The van der Waals surface area contributed by atoms with Gasteiger partial charge in [-0.15, -0.1) is 0 Å². The molecule has 0 saturated carbocycles. The minimum absolute atomic E-state index is 0.316. The Labute approximate surface area is 128 Å². The number of rotatable bonds is 3. The summed E-state index contributed by atoms with van der Waals surface area (Å²) in [7, 11) is 0. The summed E-state index contributed by atoms with van der Waals surface area (Å²) in [6.07, 6.45) is 4.00. The highest BCUT2D eigenvalue weighted by Crippen LogP contribution is 2.34. The van der Waals surface area contributed by atoms with Crippen molar-refractivity contribution in [2.24, 2.45) is 0 Å². The van der Waals surface area contributed by atoms with Gasteiger partial charge in [0, 0.05) is 31.7 Å². The molecule has 2 aliphatic rings. The van der Waals surface area contributed by atoms with E-state index in [0.29, 0.717) is 11.5 Å². The maximum absolute atomic E-state index is 5.81. The first kappa shape index (κ1) is 15.0. The van der Waals surface area contributed by atoms with Crippen LogP contribution in [0.3, 0.4) is 0 Å². The van der Waals surface area contributed by atoms with Crippen LogP contribution in [-0.4, -0.2) is 50.3 Å². The van der Waals surface area contributed by atoms with Crippen molar-refractivity contribution in [3.05, 3.63) is 35.9 Å². The molecule has 1 N–H and O–H groups in total. The summed E-state index contributed by atoms with van der Waals surface area (Å²) in [6.45, 7) is 8.80. The van der Waals surface area contributed by atoms with Gasteiger partial charge in [-0.25, -0.2) is 0 Å². The zero-order chi connectivity index (χ0) is 14.5. The van der Waals surface area contributed by atoms with Crippen LogP contribution < -0.4 is 5.32 Å². The first-order chi connectivity index (χ1) is 10.3. The summed E-state index contributed by atoms with van der Waals surface area (Å²) in [5.74, 6) is 0. The highest BCUT2D eigenvalue weighted by Gasteiger charge is 2.36. The van der Waals surface area contributed by atoms with Gasteiger partial charge in [-0.1, -0.05) is 30.3 Å². The van der Waals surface area contributed by atoms with Crippen LogP contribution in [0, 0.1) is 0 Å². The quantitative estimate of drug-likeness (QED) is 0.924. The number of piperidine rings is 1. The van der Waals surface area contributed by atoms with Crippen LogP contribution >= 0.6 is 0 Å². The molecule has 3 nitrogen and oxygen atoms in total. The fourth-order valence-electron chi connectivity index (χ4n) is 3.89. The average molecular weight is 288 g/mol. The fourth-order valence-corrected chi connectivity index (χ4v) is 3.89. The van der Waals surface area contributed by atoms with Crippen molar-refractivity contribution in [2.75, 3.05) is 39.3 Å². The van der Waals surface area contributed by atoms with Crippen molar-refractivity contribution in [3.63, 3.8) is 0 Å². The fraction of sp³-hybridized carbons (Fsp3) is 0.667. The Morgan fingerprint density at radius 1 is 1.24 bits per heavy atom. The van der Waals surface area contributed by atoms with Gasteiger partial charge < -0.3 is 10.1 Å². The molecule has 3 heteroatoms. The molecular formula is C18H28N2O. The largest absolute Gasteiger partial charge is 0.377 e. The Bertz CT molecular complexity index is 428. The Morgan fingerprint density at radius 3 is 2.76 bits per heavy atom. The zero-order valence-electron chi connectivity index (χ0n) is 13.2. The van der Waals surface area contributed by atoms with E-state index in [4.69, 9.17) is 4.74 Å². The average Bonchev–Trinajstić information content (AvgIpc) is 2.73. The summed E-state index contributed by atoms with van der Waals surface area (Å²) in [4.78, 5) is 2.63. The molecule has 3 rings (SSSR count). The SMILES string of the molecule is CC1CN(CC2(c3ccccc3)CCNCC2)CCCO1. The van der Waals surface area contributed by atoms with Gasteiger partial charge in [0.25, 0.3) is 0 Å². The monoisotopic (exact) mass is 288 g/mol. The van der Waals surface area contributed by atoms with Crippen molar-refractivity contribution in [3.8, 4) is 0 Å². The standard InChI is InChI=1S/C18H28N2O/c1-16-14-20(12-5-13-21-16)15-18(8-10-19-11-9-18)17-6-3-2-4-7-17/h2-4,6-7,16,19H,5,8-15H2,1H3. The van der Waals surface area contributed by atoms with Gasteiger partial charge in [-0.05, 0) is 44.8 Å². The van der Waals surface area contributed by atoms with Gasteiger partial charge in [0.05, 0.1) is 6.10 Å². The molecule has 1 aromatic rings. The van der Waals surface area contributed by atoms with Gasteiger partial charge in [-0.3, -0.25) is 4.90 Å². The number of hydrogen-bond acceptors (Lipinski definition) is 3. The molecule has 2 fully saturated rings. The van der Waals surface area contributed by atoms with Crippen molar-refractivity contribution in [1.82, 2.24) is 10.2 Å². The Hall–Kier alpha value is -0.900. The van der Waals surface area contributed by atoms with Gasteiger partial charge in [-0.2, -0.15) is 0 Å². The van der Waals surface area contributed by atoms with E-state index in [0.717, 1.165) is 32.7 Å². The van der Waals surface area contributed by atoms with Crippen LogP contribution in [0.1, 0.15) is 31.7 Å². The summed E-state index contributed by atoms with van der Waals surface area (Å²) in [5.41, 5.74) is 1.83. The van der Waals surface area contributed by atoms with Crippen molar-refractivity contribution < 1.29 is 4.74 Å². The van der Waals surface area contributed by atoms with Crippen LogP contribution in [0.5, 0.6) is 0 Å². The molecule has 2 heterocycles. The predicted octanol–water partition coefficient (Wildman–Crippen LogP) is 2.42. The van der Waals surface area contributed by atoms with Crippen LogP contribution in [0.4, 0.5) is 0 Å². The molecule has 21 heavy (non-hydrogen) atoms. The van der Waals surface area contributed by atoms with E-state index in [1.807, 2.05) is 0 Å². The lowest BCUT2D eigenvalue weighted by Gasteiger charge is -2.42. The maximum atomic E-state index is 5.81. The highest BCUT2D eigenvalue weighted by molar-refractivity contribution is 5.27. The Morgan fingerprint density at radius 2 is 2.00 bits per heavy atom. The smallest absolute Gasteiger partial charge is 0.0673 e. The van der Waals surface area contributed by atoms with Crippen LogP contribution in [-0.2, 0) is 10.2 Å². The van der Waals surface area contributed by atoms with Gasteiger partial charge in [0.1, 0.15) is 0 Å². The van der Waals surface area contributed by atoms with Gasteiger partial charge in [0.15, 0.2) is 0 Å². The van der Waals surface area contributed by atoms with Crippen molar-refractivity contribution >= 4 is 0 Å². The van der Waals surface area contributed by atoms with Crippen molar-refractivity contribution in [1.29, 1.82) is 0 Å². The summed E-state index contributed by atoms with van der Waals surface area (Å²) < 4.78 is 5.81. The van der Waals surface area contributed by atoms with Gasteiger partial charge >= 0.3 is 0 Å². The van der Waals surface area contributed by atoms with E-state index in [-0.39, 0.29) is 0 Å². The molecule has 1 unspecified atom stereocenters. The molecule has 1 aromatic carbocycles. The minimum atomic E-state index is 0.316. The second-order valence-electron chi connectivity index (χ2n) is 6.67. The first-order valence-electron chi connectivity index (χ1n) is 8.39. The predicted molar refractivity (Wildman–Crippen MR) is 86.7 cm³/mol.